The standard InChI is InChI=1S/C30H20F39.Sn.3H/c31-13(32,16(37,38)19(43,44)22(49,50)25(55,56)28(61,62)63)9-3-1-2-6-12(7-4-10-14(33,34)17(39,40)20(45,46)23(51,52)26(57,58)29(64,65)66)8-5-11-15(35,36)18(41,42)21(47,48)24(53,54)27(59,60)30(67,68)69;;;;/h2,6H,1,3-5,7-11H2;;;;. The minimum Gasteiger partial charge on any atom is -0.165 e. The number of halogens is 39. The van der Waals surface area contributed by atoms with E-state index in [1.807, 2.05) is 0 Å². The zero-order valence-corrected chi connectivity index (χ0v) is 38.5. The third kappa shape index (κ3) is 11.1. The van der Waals surface area contributed by atoms with E-state index in [2.05, 4.69) is 0 Å². The SMILES string of the molecule is FC(F)(F)C(F)(F)C(F)(F)C(F)(F)C(F)(F)C(F)(F)CCCC(=C[CH]([SnH3])CCCC(F)(F)C(F)(F)C(F)(F)C(F)(F)C(F)(F)C(F)(F)F)CCCC(F)(F)C(F)(F)C(F)(F)C(F)(F)C(F)(F)C(F)(F)F. The van der Waals surface area contributed by atoms with E-state index in [-0.39, 0.29) is 6.08 Å². The Kier molecular flexibility index (Phi) is 18.9. The van der Waals surface area contributed by atoms with Crippen LogP contribution in [0.15, 0.2) is 11.6 Å². The molecule has 0 aliphatic rings. The molecule has 40 heteroatoms. The Balaban J connectivity index is 7.03. The van der Waals surface area contributed by atoms with Crippen molar-refractivity contribution in [3.8, 4) is 0 Å². The molecule has 0 aromatic heterocycles. The van der Waals surface area contributed by atoms with Gasteiger partial charge in [0, 0.05) is 0 Å². The van der Waals surface area contributed by atoms with Gasteiger partial charge in [0.05, 0.1) is 0 Å². The molecule has 0 saturated carbocycles. The summed E-state index contributed by atoms with van der Waals surface area (Å²) in [6.07, 6.45) is -44.5. The van der Waals surface area contributed by atoms with E-state index in [1.165, 1.54) is 0 Å². The van der Waals surface area contributed by atoms with Crippen molar-refractivity contribution >= 4 is 22.5 Å². The predicted octanol–water partition coefficient (Wildman–Crippen LogP) is 15.8. The predicted molar refractivity (Wildman–Crippen MR) is 156 cm³/mol. The van der Waals surface area contributed by atoms with E-state index in [0.29, 0.717) is 0 Å². The van der Waals surface area contributed by atoms with Gasteiger partial charge in [-0.15, -0.1) is 0 Å². The monoisotopic (exact) mass is 1240 g/mol. The number of alkyl halides is 39. The van der Waals surface area contributed by atoms with Crippen molar-refractivity contribution in [2.75, 3.05) is 0 Å². The van der Waals surface area contributed by atoms with Crippen molar-refractivity contribution in [1.82, 2.24) is 0 Å². The number of hydrogen-bond donors (Lipinski definition) is 0. The zero-order chi connectivity index (χ0) is 57.2. The normalized spacial score (nSPS) is 16.8. The molecule has 0 nitrogen and oxygen atoms in total. The fourth-order valence-corrected chi connectivity index (χ4v) is 7.89. The third-order valence-electron chi connectivity index (χ3n) is 9.64. The van der Waals surface area contributed by atoms with E-state index >= 15 is 0 Å². The molecule has 0 radical (unpaired) electrons. The molecule has 0 rings (SSSR count). The second-order valence-corrected chi connectivity index (χ2v) is 19.1. The Labute approximate surface area is 374 Å². The van der Waals surface area contributed by atoms with Gasteiger partial charge in [0.25, 0.3) is 0 Å². The molecule has 0 aromatic rings. The van der Waals surface area contributed by atoms with E-state index in [4.69, 9.17) is 0 Å². The van der Waals surface area contributed by atoms with Gasteiger partial charge < -0.3 is 0 Å². The van der Waals surface area contributed by atoms with E-state index in [0.717, 1.165) is 0 Å². The molecule has 0 aliphatic carbocycles. The summed E-state index contributed by atoms with van der Waals surface area (Å²) < 4.78 is 522. The van der Waals surface area contributed by atoms with Gasteiger partial charge >= 0.3 is 348 Å². The van der Waals surface area contributed by atoms with Gasteiger partial charge in [0.15, 0.2) is 0 Å². The minimum atomic E-state index is -8.49. The van der Waals surface area contributed by atoms with Crippen LogP contribution in [0, 0.1) is 0 Å². The fourth-order valence-electron chi connectivity index (χ4n) is 5.38. The van der Waals surface area contributed by atoms with Crippen LogP contribution in [0.1, 0.15) is 57.8 Å². The van der Waals surface area contributed by atoms with Crippen LogP contribution in [0.3, 0.4) is 0 Å². The average Bonchev–Trinajstić information content (AvgIpc) is 3.12. The van der Waals surface area contributed by atoms with E-state index in [9.17, 15) is 171 Å². The Morgan fingerprint density at radius 3 is 0.657 bits per heavy atom. The van der Waals surface area contributed by atoms with Crippen LogP contribution in [0.4, 0.5) is 171 Å². The molecule has 0 saturated heterocycles. The summed E-state index contributed by atoms with van der Waals surface area (Å²) in [5.74, 6) is -120. The number of rotatable bonds is 25. The fraction of sp³-hybridized carbons (Fsp3) is 0.933. The zero-order valence-electron chi connectivity index (χ0n) is 32.8. The molecule has 0 bridgehead atoms. The average molecular weight is 1240 g/mol. The van der Waals surface area contributed by atoms with Gasteiger partial charge in [-0.2, -0.15) is 26.3 Å². The summed E-state index contributed by atoms with van der Waals surface area (Å²) in [7, 11) is 0. The maximum absolute atomic E-state index is 14.3. The molecule has 0 amide bonds. The van der Waals surface area contributed by atoms with Gasteiger partial charge in [-0.25, -0.2) is 0 Å². The molecule has 1 atom stereocenters. The van der Waals surface area contributed by atoms with Gasteiger partial charge in [-0.05, 0) is 0 Å². The van der Waals surface area contributed by atoms with Crippen LogP contribution in [-0.4, -0.2) is 130 Å². The van der Waals surface area contributed by atoms with E-state index < -0.39 is 197 Å². The van der Waals surface area contributed by atoms with Gasteiger partial charge in [0.2, 0.25) is 0 Å². The van der Waals surface area contributed by atoms with Crippen molar-refractivity contribution in [2.24, 2.45) is 0 Å². The van der Waals surface area contributed by atoms with Crippen LogP contribution in [0.5, 0.6) is 0 Å². The second-order valence-electron chi connectivity index (χ2n) is 14.9. The van der Waals surface area contributed by atoms with Gasteiger partial charge in [0.1, 0.15) is 0 Å². The molecule has 0 aromatic carbocycles. The molecule has 0 aliphatic heterocycles. The van der Waals surface area contributed by atoms with Crippen LogP contribution in [-0.2, 0) is 0 Å². The smallest absolute Gasteiger partial charge is 0.165 e. The first-order valence-corrected chi connectivity index (χ1v) is 20.8. The molecule has 0 fully saturated rings. The summed E-state index contributed by atoms with van der Waals surface area (Å²) in [6.45, 7) is 0. The second kappa shape index (κ2) is 19.5. The van der Waals surface area contributed by atoms with Crippen LogP contribution < -0.4 is 0 Å². The first kappa shape index (κ1) is 67.8. The Morgan fingerprint density at radius 1 is 0.271 bits per heavy atom. The van der Waals surface area contributed by atoms with Crippen molar-refractivity contribution in [3.63, 3.8) is 0 Å². The molecule has 0 N–H and O–H groups in total. The summed E-state index contributed by atoms with van der Waals surface area (Å²) >= 11 is -1.61. The molecule has 0 heterocycles. The summed E-state index contributed by atoms with van der Waals surface area (Å²) in [4.78, 5) is 0. The van der Waals surface area contributed by atoms with Crippen molar-refractivity contribution in [2.45, 2.75) is 169 Å². The summed E-state index contributed by atoms with van der Waals surface area (Å²) in [5.41, 5.74) is -1.33. The minimum absolute atomic E-state index is 0.102. The molecule has 70 heavy (non-hydrogen) atoms. The van der Waals surface area contributed by atoms with Crippen molar-refractivity contribution in [3.05, 3.63) is 11.6 Å². The van der Waals surface area contributed by atoms with Crippen molar-refractivity contribution < 1.29 is 171 Å². The number of hydrogen-bond acceptors (Lipinski definition) is 0. The number of allylic oxidation sites excluding steroid dienone is 2. The Hall–Kier alpha value is -2.19. The topological polar surface area (TPSA) is 0 Å². The Bertz CT molecular complexity index is 1690. The van der Waals surface area contributed by atoms with Crippen molar-refractivity contribution in [1.29, 1.82) is 0 Å². The quantitative estimate of drug-likeness (QED) is 0.0486. The van der Waals surface area contributed by atoms with Crippen LogP contribution >= 0.6 is 0 Å². The molecule has 0 spiro atoms. The first-order chi connectivity index (χ1) is 29.9. The summed E-state index contributed by atoms with van der Waals surface area (Å²) in [5, 5.41) is 0. The molecular formula is C30H23F39Sn. The molecular weight excluding hydrogens is 1220 g/mol. The van der Waals surface area contributed by atoms with Crippen LogP contribution in [0.2, 0.25) is 3.93 Å². The maximum atomic E-state index is 14.3. The Morgan fingerprint density at radius 2 is 0.457 bits per heavy atom. The van der Waals surface area contributed by atoms with Crippen LogP contribution in [0.25, 0.3) is 0 Å². The van der Waals surface area contributed by atoms with Gasteiger partial charge in [-0.1, -0.05) is 0 Å². The van der Waals surface area contributed by atoms with E-state index in [1.54, 1.807) is 0 Å². The summed E-state index contributed by atoms with van der Waals surface area (Å²) in [6, 6.07) is 0. The first-order valence-electron chi connectivity index (χ1n) is 17.5. The van der Waals surface area contributed by atoms with Gasteiger partial charge in [-0.3, -0.25) is 0 Å². The molecule has 420 valence electrons. The molecule has 1 unspecified atom stereocenters. The third-order valence-corrected chi connectivity index (χ3v) is 12.2.